The molecule has 0 amide bonds. The molecule has 1 aromatic carbocycles. The van der Waals surface area contributed by atoms with E-state index >= 15 is 0 Å². The topological polar surface area (TPSA) is 40.9 Å². The Morgan fingerprint density at radius 3 is 2.70 bits per heavy atom. The highest BCUT2D eigenvalue weighted by atomic mass is 32.1. The van der Waals surface area contributed by atoms with Crippen LogP contribution in [-0.2, 0) is 19.4 Å². The average molecular weight is 381 g/mol. The second-order valence-electron chi connectivity index (χ2n) is 7.64. The van der Waals surface area contributed by atoms with E-state index in [-0.39, 0.29) is 5.56 Å². The van der Waals surface area contributed by atoms with Crippen LogP contribution in [0.4, 0.5) is 0 Å². The molecule has 0 bridgehead atoms. The first-order valence-electron chi connectivity index (χ1n) is 9.75. The van der Waals surface area contributed by atoms with Crippen molar-refractivity contribution in [3.05, 3.63) is 69.1 Å². The molecule has 2 aliphatic rings. The molecule has 5 nitrogen and oxygen atoms in total. The molecule has 0 spiro atoms. The van der Waals surface area contributed by atoms with Crippen LogP contribution in [0.3, 0.4) is 0 Å². The van der Waals surface area contributed by atoms with Crippen LogP contribution in [0, 0.1) is 0 Å². The van der Waals surface area contributed by atoms with Crippen molar-refractivity contribution in [2.75, 3.05) is 26.2 Å². The molecule has 3 aromatic rings. The Morgan fingerprint density at radius 1 is 1.07 bits per heavy atom. The summed E-state index contributed by atoms with van der Waals surface area (Å²) in [6, 6.07) is 11.2. The zero-order chi connectivity index (χ0) is 18.2. The predicted octanol–water partition coefficient (Wildman–Crippen LogP) is 2.43. The largest absolute Gasteiger partial charge is 0.298 e. The van der Waals surface area contributed by atoms with Crippen LogP contribution in [-0.4, -0.2) is 51.4 Å². The summed E-state index contributed by atoms with van der Waals surface area (Å²) in [6.07, 6.45) is 5.34. The SMILES string of the molecule is O=c1cc(CN2CCCN(C3Cc4ccccc4C3)CC2)nc2sccn12. The number of fused-ring (bicyclic) bond motifs is 2. The Hall–Kier alpha value is -2.02. The molecule has 1 aliphatic carbocycles. The highest BCUT2D eigenvalue weighted by Crippen LogP contribution is 2.26. The first-order chi connectivity index (χ1) is 13.3. The van der Waals surface area contributed by atoms with Gasteiger partial charge in [0, 0.05) is 43.3 Å². The fourth-order valence-electron chi connectivity index (χ4n) is 4.51. The molecule has 1 fully saturated rings. The molecule has 0 radical (unpaired) electrons. The molecule has 27 heavy (non-hydrogen) atoms. The second kappa shape index (κ2) is 7.19. The minimum Gasteiger partial charge on any atom is -0.298 e. The molecule has 6 heteroatoms. The maximum Gasteiger partial charge on any atom is 0.258 e. The third-order valence-corrected chi connectivity index (χ3v) is 6.67. The highest BCUT2D eigenvalue weighted by molar-refractivity contribution is 7.15. The van der Waals surface area contributed by atoms with E-state index in [0.29, 0.717) is 6.04 Å². The number of aromatic nitrogens is 2. The Morgan fingerprint density at radius 2 is 1.89 bits per heavy atom. The van der Waals surface area contributed by atoms with Crippen molar-refractivity contribution in [2.45, 2.75) is 31.8 Å². The lowest BCUT2D eigenvalue weighted by atomic mass is 10.1. The van der Waals surface area contributed by atoms with E-state index in [1.807, 2.05) is 5.38 Å². The van der Waals surface area contributed by atoms with Crippen molar-refractivity contribution in [1.29, 1.82) is 0 Å². The van der Waals surface area contributed by atoms with E-state index in [1.165, 1.54) is 41.7 Å². The minimum atomic E-state index is 0.0245. The first-order valence-corrected chi connectivity index (χ1v) is 10.6. The van der Waals surface area contributed by atoms with Crippen molar-refractivity contribution in [1.82, 2.24) is 19.2 Å². The standard InChI is InChI=1S/C21H24N4OS/c26-20-14-18(22-21-25(20)10-11-27-21)15-23-6-3-7-24(9-8-23)19-12-16-4-1-2-5-17(16)13-19/h1-2,4-5,10-11,14,19H,3,6-9,12-13,15H2. The van der Waals surface area contributed by atoms with E-state index in [4.69, 9.17) is 0 Å². The van der Waals surface area contributed by atoms with Gasteiger partial charge in [0.2, 0.25) is 0 Å². The lowest BCUT2D eigenvalue weighted by molar-refractivity contribution is 0.200. The maximum atomic E-state index is 12.2. The zero-order valence-corrected chi connectivity index (χ0v) is 16.2. The van der Waals surface area contributed by atoms with Crippen molar-refractivity contribution < 1.29 is 0 Å². The molecule has 5 rings (SSSR count). The molecule has 0 saturated carbocycles. The van der Waals surface area contributed by atoms with Crippen LogP contribution in [0.5, 0.6) is 0 Å². The molecule has 0 N–H and O–H groups in total. The van der Waals surface area contributed by atoms with Gasteiger partial charge >= 0.3 is 0 Å². The lowest BCUT2D eigenvalue weighted by Crippen LogP contribution is -2.39. The van der Waals surface area contributed by atoms with Gasteiger partial charge < -0.3 is 0 Å². The van der Waals surface area contributed by atoms with Crippen LogP contribution in [0.25, 0.3) is 4.96 Å². The van der Waals surface area contributed by atoms with Gasteiger partial charge in [0.15, 0.2) is 4.96 Å². The fourth-order valence-corrected chi connectivity index (χ4v) is 5.24. The second-order valence-corrected chi connectivity index (χ2v) is 8.51. The van der Waals surface area contributed by atoms with Crippen LogP contribution in [0.2, 0.25) is 0 Å². The van der Waals surface area contributed by atoms with Gasteiger partial charge in [0.25, 0.3) is 5.56 Å². The van der Waals surface area contributed by atoms with Gasteiger partial charge in [-0.25, -0.2) is 4.98 Å². The van der Waals surface area contributed by atoms with Crippen molar-refractivity contribution in [3.8, 4) is 0 Å². The smallest absolute Gasteiger partial charge is 0.258 e. The predicted molar refractivity (Wildman–Crippen MR) is 108 cm³/mol. The Balaban J connectivity index is 1.24. The number of thiazole rings is 1. The quantitative estimate of drug-likeness (QED) is 0.700. The Labute approximate surface area is 162 Å². The van der Waals surface area contributed by atoms with Crippen molar-refractivity contribution in [2.24, 2.45) is 0 Å². The third kappa shape index (κ3) is 3.45. The van der Waals surface area contributed by atoms with E-state index in [1.54, 1.807) is 16.7 Å². The summed E-state index contributed by atoms with van der Waals surface area (Å²) in [4.78, 5) is 22.8. The number of rotatable bonds is 3. The highest BCUT2D eigenvalue weighted by Gasteiger charge is 2.28. The van der Waals surface area contributed by atoms with Gasteiger partial charge in [-0.05, 0) is 43.5 Å². The molecule has 2 aromatic heterocycles. The normalized spacial score (nSPS) is 19.4. The Bertz CT molecular complexity index is 986. The summed E-state index contributed by atoms with van der Waals surface area (Å²) >= 11 is 1.52. The maximum absolute atomic E-state index is 12.2. The molecule has 0 atom stereocenters. The molecule has 0 unspecified atom stereocenters. The summed E-state index contributed by atoms with van der Waals surface area (Å²) in [5.74, 6) is 0. The van der Waals surface area contributed by atoms with Gasteiger partial charge in [-0.3, -0.25) is 19.0 Å². The number of hydrogen-bond acceptors (Lipinski definition) is 5. The fraction of sp³-hybridized carbons (Fsp3) is 0.429. The number of hydrogen-bond donors (Lipinski definition) is 0. The lowest BCUT2D eigenvalue weighted by Gasteiger charge is -2.27. The summed E-state index contributed by atoms with van der Waals surface area (Å²) < 4.78 is 1.62. The van der Waals surface area contributed by atoms with Crippen molar-refractivity contribution in [3.63, 3.8) is 0 Å². The Kier molecular flexibility index (Phi) is 4.55. The summed E-state index contributed by atoms with van der Waals surface area (Å²) in [5, 5.41) is 1.91. The van der Waals surface area contributed by atoms with Crippen LogP contribution >= 0.6 is 11.3 Å². The van der Waals surface area contributed by atoms with Crippen LogP contribution in [0.15, 0.2) is 46.7 Å². The third-order valence-electron chi connectivity index (χ3n) is 5.91. The van der Waals surface area contributed by atoms with E-state index in [2.05, 4.69) is 39.0 Å². The number of benzene rings is 1. The zero-order valence-electron chi connectivity index (χ0n) is 15.4. The van der Waals surface area contributed by atoms with Gasteiger partial charge in [-0.1, -0.05) is 24.3 Å². The minimum absolute atomic E-state index is 0.0245. The molecule has 1 aliphatic heterocycles. The van der Waals surface area contributed by atoms with Gasteiger partial charge in [-0.15, -0.1) is 11.3 Å². The van der Waals surface area contributed by atoms with E-state index in [9.17, 15) is 4.79 Å². The van der Waals surface area contributed by atoms with Gasteiger partial charge in [-0.2, -0.15) is 0 Å². The van der Waals surface area contributed by atoms with Crippen LogP contribution < -0.4 is 5.56 Å². The monoisotopic (exact) mass is 380 g/mol. The van der Waals surface area contributed by atoms with E-state index in [0.717, 1.165) is 43.4 Å². The summed E-state index contributed by atoms with van der Waals surface area (Å²) in [5.41, 5.74) is 3.97. The molecular formula is C21H24N4OS. The molecule has 3 heterocycles. The average Bonchev–Trinajstić information content (AvgIpc) is 3.25. The molecule has 1 saturated heterocycles. The van der Waals surface area contributed by atoms with Gasteiger partial charge in [0.1, 0.15) is 0 Å². The summed E-state index contributed by atoms with van der Waals surface area (Å²) in [6.45, 7) is 5.14. The van der Waals surface area contributed by atoms with E-state index < -0.39 is 0 Å². The van der Waals surface area contributed by atoms with Gasteiger partial charge in [0.05, 0.1) is 5.69 Å². The molecule has 140 valence electrons. The van der Waals surface area contributed by atoms with Crippen LogP contribution in [0.1, 0.15) is 23.2 Å². The molecular weight excluding hydrogens is 356 g/mol. The first kappa shape index (κ1) is 17.1. The number of nitrogens with zero attached hydrogens (tertiary/aromatic N) is 4. The van der Waals surface area contributed by atoms with Crippen molar-refractivity contribution >= 4 is 16.3 Å². The summed E-state index contributed by atoms with van der Waals surface area (Å²) in [7, 11) is 0.